The van der Waals surface area contributed by atoms with Crippen molar-refractivity contribution in [1.29, 1.82) is 0 Å². The molecule has 2 N–H and O–H groups in total. The van der Waals surface area contributed by atoms with E-state index in [9.17, 15) is 4.79 Å². The average molecular weight is 461 g/mol. The fourth-order valence-electron chi connectivity index (χ4n) is 3.93. The monoisotopic (exact) mass is 460 g/mol. The molecule has 0 atom stereocenters. The molecule has 6 aromatic rings. The molecule has 2 amide bonds. The highest BCUT2D eigenvalue weighted by atomic mass is 16.2. The predicted octanol–water partition coefficient (Wildman–Crippen LogP) is 4.99. The van der Waals surface area contributed by atoms with Crippen molar-refractivity contribution in [3.63, 3.8) is 0 Å². The van der Waals surface area contributed by atoms with Crippen molar-refractivity contribution in [2.24, 2.45) is 7.05 Å². The smallest absolute Gasteiger partial charge is 0.308 e. The highest BCUT2D eigenvalue weighted by molar-refractivity contribution is 6.00. The van der Waals surface area contributed by atoms with E-state index >= 15 is 0 Å². The minimum atomic E-state index is -0.440. The first kappa shape index (κ1) is 20.5. The van der Waals surface area contributed by atoms with Crippen molar-refractivity contribution in [1.82, 2.24) is 29.4 Å². The molecule has 0 saturated carbocycles. The van der Waals surface area contributed by atoms with Gasteiger partial charge < -0.3 is 5.32 Å². The SMILES string of the molecule is Cn1cc2c(nc(NC(=O)Nc3ccccc3)n3nc(-c4ccc(-c5ccccc5)cc4)nc23)n1. The molecular weight excluding hydrogens is 440 g/mol. The summed E-state index contributed by atoms with van der Waals surface area (Å²) in [6.45, 7) is 0. The van der Waals surface area contributed by atoms with E-state index in [1.165, 1.54) is 4.52 Å². The standard InChI is InChI=1S/C26H20N8O/c1-33-16-21-23(31-33)29-25(30-26(35)27-20-10-6-3-7-11-20)34-24(21)28-22(32-34)19-14-12-18(13-15-19)17-8-4-2-5-9-17/h2-16H,1H3,(H2,27,29,30,31,35). The first-order valence-electron chi connectivity index (χ1n) is 11.0. The average Bonchev–Trinajstić information content (AvgIpc) is 3.49. The first-order chi connectivity index (χ1) is 17.1. The number of urea groups is 1. The molecule has 0 saturated heterocycles. The van der Waals surface area contributed by atoms with E-state index in [0.717, 1.165) is 22.1 Å². The number of para-hydroxylation sites is 1. The maximum absolute atomic E-state index is 12.7. The van der Waals surface area contributed by atoms with E-state index in [1.54, 1.807) is 16.8 Å². The number of nitrogens with zero attached hydrogens (tertiary/aromatic N) is 6. The Balaban J connectivity index is 1.39. The van der Waals surface area contributed by atoms with Crippen LogP contribution in [0.15, 0.2) is 91.1 Å². The van der Waals surface area contributed by atoms with Gasteiger partial charge in [0.15, 0.2) is 17.1 Å². The topological polar surface area (TPSA) is 102 Å². The summed E-state index contributed by atoms with van der Waals surface area (Å²) in [7, 11) is 1.81. The molecule has 0 radical (unpaired) electrons. The second-order valence-corrected chi connectivity index (χ2v) is 8.03. The van der Waals surface area contributed by atoms with Crippen LogP contribution in [-0.2, 0) is 7.05 Å². The Labute approximate surface area is 200 Å². The molecule has 0 fully saturated rings. The summed E-state index contributed by atoms with van der Waals surface area (Å²) in [5.41, 5.74) is 4.78. The van der Waals surface area contributed by atoms with Gasteiger partial charge in [-0.05, 0) is 23.3 Å². The molecule has 35 heavy (non-hydrogen) atoms. The van der Waals surface area contributed by atoms with Gasteiger partial charge in [0.2, 0.25) is 5.95 Å². The van der Waals surface area contributed by atoms with Gasteiger partial charge in [-0.1, -0.05) is 72.8 Å². The molecular formula is C26H20N8O. The van der Waals surface area contributed by atoms with Gasteiger partial charge >= 0.3 is 6.03 Å². The lowest BCUT2D eigenvalue weighted by Gasteiger charge is -2.07. The summed E-state index contributed by atoms with van der Waals surface area (Å²) >= 11 is 0. The third-order valence-electron chi connectivity index (χ3n) is 5.58. The van der Waals surface area contributed by atoms with Crippen LogP contribution < -0.4 is 10.6 Å². The molecule has 9 nitrogen and oxygen atoms in total. The zero-order valence-corrected chi connectivity index (χ0v) is 18.8. The van der Waals surface area contributed by atoms with Crippen molar-refractivity contribution in [2.75, 3.05) is 10.6 Å². The Morgan fingerprint density at radius 1 is 0.743 bits per heavy atom. The summed E-state index contributed by atoms with van der Waals surface area (Å²) in [6.07, 6.45) is 1.84. The van der Waals surface area contributed by atoms with E-state index < -0.39 is 6.03 Å². The van der Waals surface area contributed by atoms with Gasteiger partial charge in [-0.25, -0.2) is 9.78 Å². The lowest BCUT2D eigenvalue weighted by Crippen LogP contribution is -2.22. The third kappa shape index (κ3) is 3.95. The molecule has 0 aliphatic rings. The molecule has 3 aromatic carbocycles. The number of rotatable bonds is 4. The fraction of sp³-hybridized carbons (Fsp3) is 0.0385. The van der Waals surface area contributed by atoms with Gasteiger partial charge in [-0.15, -0.1) is 5.10 Å². The molecule has 0 aliphatic carbocycles. The Kier molecular flexibility index (Phi) is 4.92. The molecule has 9 heteroatoms. The number of hydrogen-bond donors (Lipinski definition) is 2. The first-order valence-corrected chi connectivity index (χ1v) is 11.0. The van der Waals surface area contributed by atoms with Crippen LogP contribution in [0, 0.1) is 0 Å². The minimum Gasteiger partial charge on any atom is -0.308 e. The van der Waals surface area contributed by atoms with Gasteiger partial charge in [-0.2, -0.15) is 14.6 Å². The minimum absolute atomic E-state index is 0.222. The Bertz CT molecular complexity index is 1650. The van der Waals surface area contributed by atoms with Crippen molar-refractivity contribution in [3.05, 3.63) is 91.1 Å². The quantitative estimate of drug-likeness (QED) is 0.386. The molecule has 3 heterocycles. The number of benzene rings is 3. The number of amides is 2. The molecule has 0 bridgehead atoms. The summed E-state index contributed by atoms with van der Waals surface area (Å²) in [5, 5.41) is 15.4. The van der Waals surface area contributed by atoms with Crippen LogP contribution in [0.4, 0.5) is 16.4 Å². The number of aryl methyl sites for hydroxylation is 1. The summed E-state index contributed by atoms with van der Waals surface area (Å²) in [5.74, 6) is 0.744. The second kappa shape index (κ2) is 8.38. The van der Waals surface area contributed by atoms with Crippen LogP contribution in [0.2, 0.25) is 0 Å². The van der Waals surface area contributed by atoms with Gasteiger partial charge in [0.05, 0.1) is 5.39 Å². The highest BCUT2D eigenvalue weighted by Crippen LogP contribution is 2.26. The number of aromatic nitrogens is 6. The van der Waals surface area contributed by atoms with Crippen LogP contribution >= 0.6 is 0 Å². The fourth-order valence-corrected chi connectivity index (χ4v) is 3.93. The van der Waals surface area contributed by atoms with E-state index in [-0.39, 0.29) is 5.95 Å². The molecule has 6 rings (SSSR count). The maximum atomic E-state index is 12.7. The molecule has 0 aliphatic heterocycles. The third-order valence-corrected chi connectivity index (χ3v) is 5.58. The molecule has 0 unspecified atom stereocenters. The molecule has 170 valence electrons. The van der Waals surface area contributed by atoms with Crippen LogP contribution in [-0.4, -0.2) is 35.4 Å². The van der Waals surface area contributed by atoms with Crippen molar-refractivity contribution in [3.8, 4) is 22.5 Å². The Morgan fingerprint density at radius 2 is 1.40 bits per heavy atom. The van der Waals surface area contributed by atoms with Crippen molar-refractivity contribution < 1.29 is 4.79 Å². The van der Waals surface area contributed by atoms with Crippen LogP contribution in [0.1, 0.15) is 0 Å². The molecule has 0 spiro atoms. The number of hydrogen-bond acceptors (Lipinski definition) is 5. The predicted molar refractivity (Wildman–Crippen MR) is 135 cm³/mol. The zero-order valence-electron chi connectivity index (χ0n) is 18.8. The summed E-state index contributed by atoms with van der Waals surface area (Å²) < 4.78 is 3.20. The van der Waals surface area contributed by atoms with Crippen molar-refractivity contribution >= 4 is 34.3 Å². The maximum Gasteiger partial charge on any atom is 0.326 e. The van der Waals surface area contributed by atoms with Gasteiger partial charge in [0.1, 0.15) is 0 Å². The second-order valence-electron chi connectivity index (χ2n) is 8.03. The lowest BCUT2D eigenvalue weighted by molar-refractivity contribution is 0.262. The Hall–Kier alpha value is -5.05. The van der Waals surface area contributed by atoms with E-state index in [2.05, 4.69) is 37.9 Å². The van der Waals surface area contributed by atoms with Gasteiger partial charge in [0.25, 0.3) is 0 Å². The number of anilines is 2. The van der Waals surface area contributed by atoms with Gasteiger partial charge in [-0.3, -0.25) is 10.00 Å². The number of fused-ring (bicyclic) bond motifs is 3. The summed E-state index contributed by atoms with van der Waals surface area (Å²) in [6, 6.07) is 27.0. The number of carbonyl (C=O) groups is 1. The van der Waals surface area contributed by atoms with Crippen LogP contribution in [0.3, 0.4) is 0 Å². The van der Waals surface area contributed by atoms with Crippen molar-refractivity contribution in [2.45, 2.75) is 0 Å². The van der Waals surface area contributed by atoms with Gasteiger partial charge in [0, 0.05) is 24.5 Å². The highest BCUT2D eigenvalue weighted by Gasteiger charge is 2.18. The van der Waals surface area contributed by atoms with Crippen LogP contribution in [0.25, 0.3) is 39.2 Å². The number of carbonyl (C=O) groups excluding carboxylic acids is 1. The van der Waals surface area contributed by atoms with Crippen LogP contribution in [0.5, 0.6) is 0 Å². The van der Waals surface area contributed by atoms with E-state index in [0.29, 0.717) is 22.8 Å². The summed E-state index contributed by atoms with van der Waals surface area (Å²) in [4.78, 5) is 22.0. The Morgan fingerprint density at radius 3 is 2.14 bits per heavy atom. The van der Waals surface area contributed by atoms with E-state index in [4.69, 9.17) is 4.98 Å². The normalized spacial score (nSPS) is 11.1. The van der Waals surface area contributed by atoms with E-state index in [1.807, 2.05) is 73.9 Å². The lowest BCUT2D eigenvalue weighted by atomic mass is 10.0. The zero-order chi connectivity index (χ0) is 23.8. The number of nitrogens with one attached hydrogen (secondary N) is 2. The largest absolute Gasteiger partial charge is 0.326 e. The molecule has 3 aromatic heterocycles.